The largest absolute Gasteiger partial charge is 0.382 e. The average Bonchev–Trinajstić information content (AvgIpc) is 3.07. The van der Waals surface area contributed by atoms with Gasteiger partial charge in [0, 0.05) is 23.5 Å². The van der Waals surface area contributed by atoms with Gasteiger partial charge in [0.05, 0.1) is 5.69 Å². The third kappa shape index (κ3) is 4.00. The highest BCUT2D eigenvalue weighted by atomic mass is 79.9. The van der Waals surface area contributed by atoms with Crippen molar-refractivity contribution < 1.29 is 9.18 Å². The normalized spacial score (nSPS) is 14.5. The van der Waals surface area contributed by atoms with E-state index in [1.807, 2.05) is 0 Å². The lowest BCUT2D eigenvalue weighted by Crippen LogP contribution is -2.27. The van der Waals surface area contributed by atoms with E-state index >= 15 is 0 Å². The highest BCUT2D eigenvalue weighted by Crippen LogP contribution is 2.20. The summed E-state index contributed by atoms with van der Waals surface area (Å²) in [5.41, 5.74) is 0.415. The van der Waals surface area contributed by atoms with Gasteiger partial charge < -0.3 is 10.6 Å². The lowest BCUT2D eigenvalue weighted by Gasteiger charge is -2.08. The summed E-state index contributed by atoms with van der Waals surface area (Å²) in [4.78, 5) is 11.4. The minimum atomic E-state index is -0.309. The van der Waals surface area contributed by atoms with Crippen molar-refractivity contribution in [1.82, 2.24) is 5.32 Å². The van der Waals surface area contributed by atoms with Crippen LogP contribution in [0.3, 0.4) is 0 Å². The molecule has 0 heterocycles. The molecule has 1 fully saturated rings. The van der Waals surface area contributed by atoms with Crippen LogP contribution in [0.25, 0.3) is 0 Å². The standard InChI is InChI=1S/C12H14BrFN2O/c13-8-1-4-10(14)11(7-8)15-6-5-12(17)16-9-2-3-9/h1,4,7,9,15H,2-3,5-6H2,(H,16,17). The van der Waals surface area contributed by atoms with Gasteiger partial charge in [-0.1, -0.05) is 15.9 Å². The number of amides is 1. The van der Waals surface area contributed by atoms with E-state index < -0.39 is 0 Å². The fourth-order valence-corrected chi connectivity index (χ4v) is 1.83. The molecule has 3 nitrogen and oxygen atoms in total. The van der Waals surface area contributed by atoms with Crippen molar-refractivity contribution in [3.05, 3.63) is 28.5 Å². The van der Waals surface area contributed by atoms with Crippen molar-refractivity contribution in [2.45, 2.75) is 25.3 Å². The van der Waals surface area contributed by atoms with Gasteiger partial charge in [-0.05, 0) is 31.0 Å². The van der Waals surface area contributed by atoms with Crippen LogP contribution in [0.2, 0.25) is 0 Å². The molecule has 2 rings (SSSR count). The van der Waals surface area contributed by atoms with Crippen molar-refractivity contribution in [3.63, 3.8) is 0 Å². The lowest BCUT2D eigenvalue weighted by atomic mass is 10.3. The maximum absolute atomic E-state index is 13.3. The number of carbonyl (C=O) groups excluding carboxylic acids is 1. The van der Waals surface area contributed by atoms with Gasteiger partial charge >= 0.3 is 0 Å². The molecule has 92 valence electrons. The number of halogens is 2. The highest BCUT2D eigenvalue weighted by Gasteiger charge is 2.22. The number of hydrogen-bond acceptors (Lipinski definition) is 2. The van der Waals surface area contributed by atoms with E-state index in [4.69, 9.17) is 0 Å². The summed E-state index contributed by atoms with van der Waals surface area (Å²) in [5.74, 6) is -0.286. The minimum Gasteiger partial charge on any atom is -0.382 e. The van der Waals surface area contributed by atoms with Gasteiger partial charge in [0.25, 0.3) is 0 Å². The monoisotopic (exact) mass is 300 g/mol. The summed E-state index contributed by atoms with van der Waals surface area (Å²) < 4.78 is 14.1. The Hall–Kier alpha value is -1.10. The fourth-order valence-electron chi connectivity index (χ4n) is 1.47. The van der Waals surface area contributed by atoms with Crippen molar-refractivity contribution in [2.75, 3.05) is 11.9 Å². The van der Waals surface area contributed by atoms with Crippen LogP contribution in [0.1, 0.15) is 19.3 Å². The number of benzene rings is 1. The van der Waals surface area contributed by atoms with Crippen LogP contribution in [-0.4, -0.2) is 18.5 Å². The third-order valence-corrected chi connectivity index (χ3v) is 3.03. The Balaban J connectivity index is 1.76. The Kier molecular flexibility index (Phi) is 3.99. The predicted molar refractivity (Wildman–Crippen MR) is 68.4 cm³/mol. The summed E-state index contributed by atoms with van der Waals surface area (Å²) in [5, 5.41) is 5.80. The van der Waals surface area contributed by atoms with Crippen LogP contribution >= 0.6 is 15.9 Å². The molecule has 0 saturated heterocycles. The molecule has 0 aromatic heterocycles. The Morgan fingerprint density at radius 3 is 2.94 bits per heavy atom. The summed E-state index contributed by atoms with van der Waals surface area (Å²) >= 11 is 3.27. The topological polar surface area (TPSA) is 41.1 Å². The Labute approximate surface area is 108 Å². The van der Waals surface area contributed by atoms with Crippen LogP contribution in [0.15, 0.2) is 22.7 Å². The molecule has 0 atom stereocenters. The molecule has 0 bridgehead atoms. The Morgan fingerprint density at radius 2 is 2.24 bits per heavy atom. The number of rotatable bonds is 5. The van der Waals surface area contributed by atoms with Gasteiger partial charge in [0.15, 0.2) is 0 Å². The van der Waals surface area contributed by atoms with Gasteiger partial charge in [0.1, 0.15) is 5.82 Å². The number of anilines is 1. The zero-order valence-electron chi connectivity index (χ0n) is 9.30. The van der Waals surface area contributed by atoms with Gasteiger partial charge in [-0.15, -0.1) is 0 Å². The molecule has 0 radical (unpaired) electrons. The van der Waals surface area contributed by atoms with E-state index in [0.717, 1.165) is 17.3 Å². The molecular weight excluding hydrogens is 287 g/mol. The van der Waals surface area contributed by atoms with Gasteiger partial charge in [-0.2, -0.15) is 0 Å². The fraction of sp³-hybridized carbons (Fsp3) is 0.417. The molecule has 17 heavy (non-hydrogen) atoms. The molecule has 1 aromatic rings. The Bertz CT molecular complexity index is 421. The quantitative estimate of drug-likeness (QED) is 0.878. The van der Waals surface area contributed by atoms with Crippen LogP contribution in [0.4, 0.5) is 10.1 Å². The second-order valence-corrected chi connectivity index (χ2v) is 5.06. The maximum Gasteiger partial charge on any atom is 0.221 e. The third-order valence-electron chi connectivity index (χ3n) is 2.54. The zero-order chi connectivity index (χ0) is 12.3. The van der Waals surface area contributed by atoms with Crippen LogP contribution in [0.5, 0.6) is 0 Å². The lowest BCUT2D eigenvalue weighted by molar-refractivity contribution is -0.120. The van der Waals surface area contributed by atoms with Crippen LogP contribution in [-0.2, 0) is 4.79 Å². The molecule has 0 unspecified atom stereocenters. The van der Waals surface area contributed by atoms with Crippen molar-refractivity contribution in [1.29, 1.82) is 0 Å². The molecule has 1 aliphatic rings. The van der Waals surface area contributed by atoms with Crippen molar-refractivity contribution in [3.8, 4) is 0 Å². The molecular formula is C12H14BrFN2O. The molecule has 0 spiro atoms. The van der Waals surface area contributed by atoms with E-state index in [1.54, 1.807) is 12.1 Å². The zero-order valence-corrected chi connectivity index (χ0v) is 10.9. The molecule has 1 saturated carbocycles. The second-order valence-electron chi connectivity index (χ2n) is 4.14. The van der Waals surface area contributed by atoms with Crippen molar-refractivity contribution in [2.24, 2.45) is 0 Å². The smallest absolute Gasteiger partial charge is 0.221 e. The SMILES string of the molecule is O=C(CCNc1cc(Br)ccc1F)NC1CC1. The summed E-state index contributed by atoms with van der Waals surface area (Å²) in [6.07, 6.45) is 2.53. The first-order valence-corrected chi connectivity index (χ1v) is 6.43. The number of nitrogens with one attached hydrogen (secondary N) is 2. The molecule has 1 aromatic carbocycles. The Morgan fingerprint density at radius 1 is 1.47 bits per heavy atom. The van der Waals surface area contributed by atoms with E-state index in [2.05, 4.69) is 26.6 Å². The molecule has 2 N–H and O–H groups in total. The molecule has 5 heteroatoms. The molecule has 1 amide bonds. The predicted octanol–water partition coefficient (Wildman–Crippen LogP) is 2.67. The first kappa shape index (κ1) is 12.4. The minimum absolute atomic E-state index is 0.0235. The summed E-state index contributed by atoms with van der Waals surface area (Å²) in [6, 6.07) is 5.07. The first-order chi connectivity index (χ1) is 8.15. The number of carbonyl (C=O) groups is 1. The van der Waals surface area contributed by atoms with E-state index in [0.29, 0.717) is 24.7 Å². The highest BCUT2D eigenvalue weighted by molar-refractivity contribution is 9.10. The second kappa shape index (κ2) is 5.49. The number of hydrogen-bond donors (Lipinski definition) is 2. The van der Waals surface area contributed by atoms with Gasteiger partial charge in [0.2, 0.25) is 5.91 Å². The van der Waals surface area contributed by atoms with Crippen LogP contribution < -0.4 is 10.6 Å². The summed E-state index contributed by atoms with van der Waals surface area (Å²) in [7, 11) is 0. The summed E-state index contributed by atoms with van der Waals surface area (Å²) in [6.45, 7) is 0.436. The van der Waals surface area contributed by atoms with E-state index in [9.17, 15) is 9.18 Å². The average molecular weight is 301 g/mol. The van der Waals surface area contributed by atoms with Gasteiger partial charge in [-0.25, -0.2) is 4.39 Å². The molecule has 1 aliphatic carbocycles. The molecule has 0 aliphatic heterocycles. The van der Waals surface area contributed by atoms with E-state index in [1.165, 1.54) is 6.07 Å². The van der Waals surface area contributed by atoms with E-state index in [-0.39, 0.29) is 11.7 Å². The maximum atomic E-state index is 13.3. The van der Waals surface area contributed by atoms with Crippen LogP contribution in [0, 0.1) is 5.82 Å². The van der Waals surface area contributed by atoms with Crippen molar-refractivity contribution >= 4 is 27.5 Å². The first-order valence-electron chi connectivity index (χ1n) is 5.63. The van der Waals surface area contributed by atoms with Gasteiger partial charge in [-0.3, -0.25) is 4.79 Å².